The molecular formula is C12H10F2N2. The van der Waals surface area contributed by atoms with Crippen molar-refractivity contribution < 1.29 is 8.78 Å². The lowest BCUT2D eigenvalue weighted by Crippen LogP contribution is -1.94. The Hall–Kier alpha value is -1.84. The first-order valence-electron chi connectivity index (χ1n) is 4.83. The van der Waals surface area contributed by atoms with Crippen LogP contribution in [0.15, 0.2) is 24.4 Å². The first-order chi connectivity index (χ1) is 7.56. The monoisotopic (exact) mass is 220 g/mol. The molecule has 2 rings (SSSR count). The van der Waals surface area contributed by atoms with Crippen molar-refractivity contribution in [3.8, 4) is 11.4 Å². The van der Waals surface area contributed by atoms with Gasteiger partial charge in [0.15, 0.2) is 0 Å². The number of halogens is 2. The van der Waals surface area contributed by atoms with Gasteiger partial charge in [-0.25, -0.2) is 8.78 Å². The Kier molecular flexibility index (Phi) is 2.64. The van der Waals surface area contributed by atoms with Gasteiger partial charge in [-0.1, -0.05) is 0 Å². The van der Waals surface area contributed by atoms with Crippen LogP contribution in [0.4, 0.5) is 8.78 Å². The van der Waals surface area contributed by atoms with Gasteiger partial charge in [0.2, 0.25) is 0 Å². The fraction of sp³-hybridized carbons (Fsp3) is 0.167. The van der Waals surface area contributed by atoms with Crippen LogP contribution in [0.25, 0.3) is 11.4 Å². The van der Waals surface area contributed by atoms with Gasteiger partial charge in [-0.15, -0.1) is 0 Å². The van der Waals surface area contributed by atoms with Gasteiger partial charge >= 0.3 is 0 Å². The highest BCUT2D eigenvalue weighted by atomic mass is 19.1. The van der Waals surface area contributed by atoms with E-state index in [1.165, 1.54) is 24.4 Å². The quantitative estimate of drug-likeness (QED) is 0.738. The van der Waals surface area contributed by atoms with Gasteiger partial charge in [-0.3, -0.25) is 9.97 Å². The lowest BCUT2D eigenvalue weighted by Gasteiger charge is -2.03. The molecule has 2 aromatic heterocycles. The second-order valence-electron chi connectivity index (χ2n) is 3.63. The van der Waals surface area contributed by atoms with Gasteiger partial charge < -0.3 is 0 Å². The standard InChI is InChI=1S/C12H10F2N2/c1-7-6-15-11(5-10(7)14)12-4-9(13)3-8(2)16-12/h3-6H,1-2H3. The van der Waals surface area contributed by atoms with Crippen LogP contribution in [0.5, 0.6) is 0 Å². The van der Waals surface area contributed by atoms with E-state index in [0.29, 0.717) is 22.6 Å². The molecule has 0 spiro atoms. The van der Waals surface area contributed by atoms with Crippen molar-refractivity contribution >= 4 is 0 Å². The summed E-state index contributed by atoms with van der Waals surface area (Å²) in [6.07, 6.45) is 1.41. The van der Waals surface area contributed by atoms with E-state index in [1.807, 2.05) is 0 Å². The van der Waals surface area contributed by atoms with Crippen molar-refractivity contribution in [3.05, 3.63) is 47.3 Å². The summed E-state index contributed by atoms with van der Waals surface area (Å²) in [5.41, 5.74) is 1.68. The molecule has 0 aliphatic rings. The van der Waals surface area contributed by atoms with Gasteiger partial charge in [0.05, 0.1) is 11.4 Å². The van der Waals surface area contributed by atoms with Crippen molar-refractivity contribution in [3.63, 3.8) is 0 Å². The number of hydrogen-bond donors (Lipinski definition) is 0. The van der Waals surface area contributed by atoms with Gasteiger partial charge in [-0.05, 0) is 19.9 Å². The average molecular weight is 220 g/mol. The first kappa shape index (κ1) is 10.7. The van der Waals surface area contributed by atoms with E-state index in [0.717, 1.165) is 0 Å². The summed E-state index contributed by atoms with van der Waals surface area (Å²) < 4.78 is 26.4. The summed E-state index contributed by atoms with van der Waals surface area (Å²) >= 11 is 0. The molecule has 0 saturated carbocycles. The minimum absolute atomic E-state index is 0.339. The second-order valence-corrected chi connectivity index (χ2v) is 3.63. The molecule has 0 saturated heterocycles. The Balaban J connectivity index is 2.54. The Morgan fingerprint density at radius 3 is 2.38 bits per heavy atom. The molecule has 4 heteroatoms. The number of nitrogens with zero attached hydrogens (tertiary/aromatic N) is 2. The van der Waals surface area contributed by atoms with Crippen molar-refractivity contribution in [2.75, 3.05) is 0 Å². The second kappa shape index (κ2) is 3.96. The third kappa shape index (κ3) is 2.05. The molecule has 0 radical (unpaired) electrons. The SMILES string of the molecule is Cc1cc(F)cc(-c2cc(F)c(C)cn2)n1. The van der Waals surface area contributed by atoms with Crippen molar-refractivity contribution in [1.29, 1.82) is 0 Å². The van der Waals surface area contributed by atoms with E-state index >= 15 is 0 Å². The van der Waals surface area contributed by atoms with Crippen molar-refractivity contribution in [1.82, 2.24) is 9.97 Å². The summed E-state index contributed by atoms with van der Waals surface area (Å²) in [6, 6.07) is 3.81. The maximum absolute atomic E-state index is 13.3. The molecule has 0 atom stereocenters. The molecule has 0 amide bonds. The normalized spacial score (nSPS) is 10.5. The van der Waals surface area contributed by atoms with E-state index in [2.05, 4.69) is 9.97 Å². The molecule has 2 aromatic rings. The van der Waals surface area contributed by atoms with E-state index < -0.39 is 5.82 Å². The largest absolute Gasteiger partial charge is 0.254 e. The van der Waals surface area contributed by atoms with Gasteiger partial charge in [0.1, 0.15) is 11.6 Å². The predicted molar refractivity (Wildman–Crippen MR) is 56.9 cm³/mol. The van der Waals surface area contributed by atoms with Crippen LogP contribution in [0.3, 0.4) is 0 Å². The topological polar surface area (TPSA) is 25.8 Å². The van der Waals surface area contributed by atoms with Crippen LogP contribution in [0.1, 0.15) is 11.3 Å². The highest BCUT2D eigenvalue weighted by Crippen LogP contribution is 2.18. The zero-order valence-electron chi connectivity index (χ0n) is 8.96. The third-order valence-corrected chi connectivity index (χ3v) is 2.22. The molecule has 2 nitrogen and oxygen atoms in total. The summed E-state index contributed by atoms with van der Waals surface area (Å²) in [7, 11) is 0. The fourth-order valence-corrected chi connectivity index (χ4v) is 1.40. The lowest BCUT2D eigenvalue weighted by atomic mass is 10.2. The maximum atomic E-state index is 13.3. The zero-order valence-corrected chi connectivity index (χ0v) is 8.96. The van der Waals surface area contributed by atoms with Crippen LogP contribution in [0, 0.1) is 25.5 Å². The average Bonchev–Trinajstić information content (AvgIpc) is 2.20. The molecule has 0 aromatic carbocycles. The predicted octanol–water partition coefficient (Wildman–Crippen LogP) is 3.04. The lowest BCUT2D eigenvalue weighted by molar-refractivity contribution is 0.615. The summed E-state index contributed by atoms with van der Waals surface area (Å²) in [4.78, 5) is 8.13. The molecule has 2 heterocycles. The van der Waals surface area contributed by atoms with E-state index in [-0.39, 0.29) is 5.82 Å². The van der Waals surface area contributed by atoms with E-state index in [4.69, 9.17) is 0 Å². The molecule has 0 fully saturated rings. The van der Waals surface area contributed by atoms with E-state index in [1.54, 1.807) is 13.8 Å². The highest BCUT2D eigenvalue weighted by Gasteiger charge is 2.07. The summed E-state index contributed by atoms with van der Waals surface area (Å²) in [5, 5.41) is 0. The number of aryl methyl sites for hydroxylation is 2. The molecule has 16 heavy (non-hydrogen) atoms. The molecule has 0 N–H and O–H groups in total. The highest BCUT2D eigenvalue weighted by molar-refractivity contribution is 5.54. The first-order valence-corrected chi connectivity index (χ1v) is 4.83. The molecule has 0 aliphatic heterocycles. The zero-order chi connectivity index (χ0) is 11.7. The van der Waals surface area contributed by atoms with Gasteiger partial charge in [0, 0.05) is 29.6 Å². The van der Waals surface area contributed by atoms with Gasteiger partial charge in [0.25, 0.3) is 0 Å². The molecule has 0 aliphatic carbocycles. The fourth-order valence-electron chi connectivity index (χ4n) is 1.40. The minimum atomic E-state index is -0.398. The Bertz CT molecular complexity index is 518. The van der Waals surface area contributed by atoms with Crippen LogP contribution in [0.2, 0.25) is 0 Å². The summed E-state index contributed by atoms with van der Waals surface area (Å²) in [6.45, 7) is 3.30. The Labute approximate surface area is 92.0 Å². The number of aromatic nitrogens is 2. The van der Waals surface area contributed by atoms with E-state index in [9.17, 15) is 8.78 Å². The van der Waals surface area contributed by atoms with Crippen LogP contribution >= 0.6 is 0 Å². The molecule has 0 unspecified atom stereocenters. The third-order valence-electron chi connectivity index (χ3n) is 2.22. The van der Waals surface area contributed by atoms with Crippen molar-refractivity contribution in [2.24, 2.45) is 0 Å². The molecule has 82 valence electrons. The van der Waals surface area contributed by atoms with Crippen LogP contribution in [-0.2, 0) is 0 Å². The smallest absolute Gasteiger partial charge is 0.129 e. The van der Waals surface area contributed by atoms with Gasteiger partial charge in [-0.2, -0.15) is 0 Å². The molecular weight excluding hydrogens is 210 g/mol. The number of hydrogen-bond acceptors (Lipinski definition) is 2. The van der Waals surface area contributed by atoms with Crippen molar-refractivity contribution in [2.45, 2.75) is 13.8 Å². The minimum Gasteiger partial charge on any atom is -0.254 e. The summed E-state index contributed by atoms with van der Waals surface area (Å²) in [5.74, 6) is -0.765. The van der Waals surface area contributed by atoms with Crippen LogP contribution < -0.4 is 0 Å². The van der Waals surface area contributed by atoms with Crippen LogP contribution in [-0.4, -0.2) is 9.97 Å². The Morgan fingerprint density at radius 1 is 1.00 bits per heavy atom. The Morgan fingerprint density at radius 2 is 1.75 bits per heavy atom. The molecule has 0 bridgehead atoms. The number of rotatable bonds is 1. The maximum Gasteiger partial charge on any atom is 0.129 e. The number of pyridine rings is 2.